The quantitative estimate of drug-likeness (QED) is 0.840. The zero-order valence-corrected chi connectivity index (χ0v) is 7.84. The molecule has 0 spiro atoms. The molecule has 4 nitrogen and oxygen atoms in total. The summed E-state index contributed by atoms with van der Waals surface area (Å²) in [4.78, 5) is 3.76. The highest BCUT2D eigenvalue weighted by molar-refractivity contribution is 5.39. The van der Waals surface area contributed by atoms with E-state index >= 15 is 0 Å². The van der Waals surface area contributed by atoms with E-state index in [0.29, 0.717) is 0 Å². The van der Waals surface area contributed by atoms with Crippen LogP contribution >= 0.6 is 0 Å². The van der Waals surface area contributed by atoms with Crippen molar-refractivity contribution in [1.29, 1.82) is 0 Å². The Morgan fingerprint density at radius 1 is 1.40 bits per heavy atom. The number of ether oxygens (including phenoxy) is 2. The molecule has 1 aromatic rings. The molecule has 0 saturated carbocycles. The van der Waals surface area contributed by atoms with Crippen molar-refractivity contribution >= 4 is 0 Å². The van der Waals surface area contributed by atoms with E-state index in [4.69, 9.17) is 5.73 Å². The minimum Gasteiger partial charge on any atom is -0.491 e. The highest BCUT2D eigenvalue weighted by Crippen LogP contribution is 2.31. The number of nitrogens with zero attached hydrogens (tertiary/aromatic N) is 1. The Kier molecular flexibility index (Phi) is 3.35. The molecule has 0 bridgehead atoms. The summed E-state index contributed by atoms with van der Waals surface area (Å²) in [5.41, 5.74) is 5.52. The van der Waals surface area contributed by atoms with E-state index in [1.165, 1.54) is 7.11 Å². The maximum Gasteiger partial charge on any atom is 0.573 e. The second-order valence-corrected chi connectivity index (χ2v) is 2.58. The number of methoxy groups -OCH3 is 1. The van der Waals surface area contributed by atoms with Gasteiger partial charge in [-0.2, -0.15) is 0 Å². The number of alkyl halides is 3. The van der Waals surface area contributed by atoms with Gasteiger partial charge in [0.15, 0.2) is 11.5 Å². The lowest BCUT2D eigenvalue weighted by atomic mass is 10.3. The van der Waals surface area contributed by atoms with Gasteiger partial charge in [-0.3, -0.25) is 4.98 Å². The Hall–Kier alpha value is -1.50. The van der Waals surface area contributed by atoms with E-state index < -0.39 is 12.1 Å². The molecule has 0 fully saturated rings. The number of aromatic nitrogens is 1. The summed E-state index contributed by atoms with van der Waals surface area (Å²) < 4.78 is 44.3. The molecule has 0 aliphatic carbocycles. The molecule has 1 heterocycles. The molecule has 0 aliphatic rings. The molecular formula is C8H9F3N2O2. The lowest BCUT2D eigenvalue weighted by molar-refractivity contribution is -0.275. The fourth-order valence-corrected chi connectivity index (χ4v) is 0.934. The summed E-state index contributed by atoms with van der Waals surface area (Å²) in [6.45, 7) is 0.0260. The summed E-state index contributed by atoms with van der Waals surface area (Å²) in [6.07, 6.45) is -3.64. The third-order valence-electron chi connectivity index (χ3n) is 1.54. The second-order valence-electron chi connectivity index (χ2n) is 2.58. The van der Waals surface area contributed by atoms with Gasteiger partial charge in [0.2, 0.25) is 0 Å². The van der Waals surface area contributed by atoms with Gasteiger partial charge in [0, 0.05) is 12.6 Å². The monoisotopic (exact) mass is 222 g/mol. The van der Waals surface area contributed by atoms with Crippen LogP contribution in [0.25, 0.3) is 0 Å². The first-order chi connectivity index (χ1) is 6.96. The number of hydrogen-bond donors (Lipinski definition) is 1. The van der Waals surface area contributed by atoms with Crippen LogP contribution in [0.4, 0.5) is 13.2 Å². The number of nitrogens with two attached hydrogens (primary N) is 1. The van der Waals surface area contributed by atoms with Crippen molar-refractivity contribution in [2.75, 3.05) is 7.11 Å². The van der Waals surface area contributed by atoms with Crippen molar-refractivity contribution in [3.63, 3.8) is 0 Å². The van der Waals surface area contributed by atoms with Crippen molar-refractivity contribution in [1.82, 2.24) is 4.98 Å². The average molecular weight is 222 g/mol. The van der Waals surface area contributed by atoms with Crippen molar-refractivity contribution in [2.45, 2.75) is 12.9 Å². The Bertz CT molecular complexity index is 341. The molecule has 0 aromatic carbocycles. The Morgan fingerprint density at radius 2 is 2.07 bits per heavy atom. The number of pyridine rings is 1. The Balaban J connectivity index is 3.01. The van der Waals surface area contributed by atoms with Crippen molar-refractivity contribution < 1.29 is 22.6 Å². The molecule has 0 atom stereocenters. The molecule has 1 rings (SSSR count). The van der Waals surface area contributed by atoms with E-state index in [9.17, 15) is 13.2 Å². The molecule has 1 aromatic heterocycles. The van der Waals surface area contributed by atoms with Crippen molar-refractivity contribution in [2.24, 2.45) is 5.73 Å². The van der Waals surface area contributed by atoms with Crippen LogP contribution in [0.2, 0.25) is 0 Å². The molecule has 0 unspecified atom stereocenters. The van der Waals surface area contributed by atoms with Gasteiger partial charge in [-0.15, -0.1) is 13.2 Å². The molecular weight excluding hydrogens is 213 g/mol. The van der Waals surface area contributed by atoms with Gasteiger partial charge in [-0.1, -0.05) is 0 Å². The first-order valence-electron chi connectivity index (χ1n) is 3.95. The molecule has 2 N–H and O–H groups in total. The van der Waals surface area contributed by atoms with Gasteiger partial charge in [-0.05, 0) is 0 Å². The lowest BCUT2D eigenvalue weighted by Gasteiger charge is -2.12. The van der Waals surface area contributed by atoms with Crippen LogP contribution < -0.4 is 15.2 Å². The third-order valence-corrected chi connectivity index (χ3v) is 1.54. The van der Waals surface area contributed by atoms with Crippen LogP contribution in [0, 0.1) is 0 Å². The summed E-state index contributed by atoms with van der Waals surface area (Å²) >= 11 is 0. The first kappa shape index (κ1) is 11.6. The maximum atomic E-state index is 12.0. The van der Waals surface area contributed by atoms with Gasteiger partial charge >= 0.3 is 6.36 Å². The lowest BCUT2D eigenvalue weighted by Crippen LogP contribution is -2.18. The summed E-state index contributed by atoms with van der Waals surface area (Å²) in [7, 11) is 1.22. The normalized spacial score (nSPS) is 11.3. The predicted octanol–water partition coefficient (Wildman–Crippen LogP) is 1.45. The Labute approximate surface area is 83.8 Å². The van der Waals surface area contributed by atoms with Crippen molar-refractivity contribution in [3.05, 3.63) is 18.0 Å². The molecule has 84 valence electrons. The second kappa shape index (κ2) is 4.35. The molecule has 7 heteroatoms. The largest absolute Gasteiger partial charge is 0.573 e. The molecule has 15 heavy (non-hydrogen) atoms. The predicted molar refractivity (Wildman–Crippen MR) is 45.4 cm³/mol. The van der Waals surface area contributed by atoms with Gasteiger partial charge in [-0.25, -0.2) is 0 Å². The zero-order chi connectivity index (χ0) is 11.5. The van der Waals surface area contributed by atoms with Crippen LogP contribution in [0.1, 0.15) is 5.69 Å². The van der Waals surface area contributed by atoms with E-state index in [1.54, 1.807) is 0 Å². The highest BCUT2D eigenvalue weighted by Gasteiger charge is 2.32. The van der Waals surface area contributed by atoms with Crippen LogP contribution in [0.15, 0.2) is 12.3 Å². The standard InChI is InChI=1S/C8H9F3N2O2/c1-14-7-4-13-5(3-12)2-6(7)15-8(9,10)11/h2,4H,3,12H2,1H3. The van der Waals surface area contributed by atoms with Gasteiger partial charge < -0.3 is 15.2 Å². The van der Waals surface area contributed by atoms with Gasteiger partial charge in [0.05, 0.1) is 19.0 Å². The number of halogens is 3. The average Bonchev–Trinajstić information content (AvgIpc) is 2.15. The van der Waals surface area contributed by atoms with Crippen molar-refractivity contribution in [3.8, 4) is 11.5 Å². The van der Waals surface area contributed by atoms with E-state index in [0.717, 1.165) is 12.3 Å². The number of rotatable bonds is 3. The zero-order valence-electron chi connectivity index (χ0n) is 7.84. The summed E-state index contributed by atoms with van der Waals surface area (Å²) in [5, 5.41) is 0. The van der Waals surface area contributed by atoms with Crippen LogP contribution in [-0.2, 0) is 6.54 Å². The highest BCUT2D eigenvalue weighted by atomic mass is 19.4. The summed E-state index contributed by atoms with van der Waals surface area (Å²) in [6, 6.07) is 1.09. The van der Waals surface area contributed by atoms with Crippen LogP contribution in [0.5, 0.6) is 11.5 Å². The van der Waals surface area contributed by atoms with E-state index in [-0.39, 0.29) is 18.0 Å². The minimum atomic E-state index is -4.76. The number of hydrogen-bond acceptors (Lipinski definition) is 4. The van der Waals surface area contributed by atoms with Gasteiger partial charge in [0.25, 0.3) is 0 Å². The van der Waals surface area contributed by atoms with Crippen LogP contribution in [-0.4, -0.2) is 18.5 Å². The topological polar surface area (TPSA) is 57.4 Å². The molecule has 0 aliphatic heterocycles. The van der Waals surface area contributed by atoms with E-state index in [2.05, 4.69) is 14.5 Å². The fourth-order valence-electron chi connectivity index (χ4n) is 0.934. The van der Waals surface area contributed by atoms with Gasteiger partial charge in [0.1, 0.15) is 0 Å². The Morgan fingerprint density at radius 3 is 2.53 bits per heavy atom. The summed E-state index contributed by atoms with van der Waals surface area (Å²) in [5.74, 6) is -0.537. The first-order valence-corrected chi connectivity index (χ1v) is 3.95. The van der Waals surface area contributed by atoms with Crippen LogP contribution in [0.3, 0.4) is 0 Å². The fraction of sp³-hybridized carbons (Fsp3) is 0.375. The SMILES string of the molecule is COc1cnc(CN)cc1OC(F)(F)F. The minimum absolute atomic E-state index is 0.0260. The molecule has 0 amide bonds. The molecule has 0 saturated heterocycles. The maximum absolute atomic E-state index is 12.0. The van der Waals surface area contributed by atoms with E-state index in [1.807, 2.05) is 0 Å². The smallest absolute Gasteiger partial charge is 0.491 e. The third kappa shape index (κ3) is 3.28. The molecule has 0 radical (unpaired) electrons.